The molecule has 0 radical (unpaired) electrons. The average molecular weight is 189 g/mol. The first-order chi connectivity index (χ1) is 6.70. The summed E-state index contributed by atoms with van der Waals surface area (Å²) in [6.45, 7) is 5.94. The number of allylic oxidation sites excluding steroid dienone is 1. The van der Waals surface area contributed by atoms with Crippen LogP contribution in [0, 0.1) is 5.41 Å². The smallest absolute Gasteiger partial charge is 0.222 e. The van der Waals surface area contributed by atoms with Crippen molar-refractivity contribution in [3.63, 3.8) is 0 Å². The molecular weight excluding hydrogens is 174 g/mol. The van der Waals surface area contributed by atoms with E-state index in [9.17, 15) is 0 Å². The zero-order valence-electron chi connectivity index (χ0n) is 8.42. The molecule has 0 atom stereocenters. The van der Waals surface area contributed by atoms with Crippen LogP contribution in [0.15, 0.2) is 42.5 Å². The largest absolute Gasteiger partial charge is 0.231 e. The van der Waals surface area contributed by atoms with Crippen molar-refractivity contribution in [2.45, 2.75) is 19.8 Å². The fraction of sp³-hybridized carbons (Fsp3) is 0.250. The molecule has 1 N–H and O–H groups in total. The Kier molecular flexibility index (Phi) is 7.02. The van der Waals surface area contributed by atoms with Gasteiger partial charge in [-0.1, -0.05) is 35.9 Å². The summed E-state index contributed by atoms with van der Waals surface area (Å²) in [6, 6.07) is 10.5. The highest BCUT2D eigenvalue weighted by atomic mass is 16.1. The van der Waals surface area contributed by atoms with E-state index in [2.05, 4.69) is 37.8 Å². The molecule has 0 saturated heterocycles. The second-order valence-electron chi connectivity index (χ2n) is 3.04. The fourth-order valence-electron chi connectivity index (χ4n) is 1.00. The lowest BCUT2D eigenvalue weighted by Gasteiger charge is -1.98. The molecule has 74 valence electrons. The molecule has 0 fully saturated rings. The Morgan fingerprint density at radius 2 is 1.93 bits per heavy atom. The van der Waals surface area contributed by atoms with Crippen LogP contribution in [-0.4, -0.2) is 6.08 Å². The Balaban J connectivity index is 0.000000500. The Hall–Kier alpha value is -1.66. The maximum Gasteiger partial charge on any atom is 0.231 e. The summed E-state index contributed by atoms with van der Waals surface area (Å²) in [5.74, 6) is 0. The first kappa shape index (κ1) is 12.3. The molecule has 0 saturated carbocycles. The molecule has 1 rings (SSSR count). The van der Waals surface area contributed by atoms with E-state index >= 15 is 0 Å². The molecule has 2 nitrogen and oxygen atoms in total. The first-order valence-electron chi connectivity index (χ1n) is 4.43. The van der Waals surface area contributed by atoms with Crippen molar-refractivity contribution < 1.29 is 4.79 Å². The van der Waals surface area contributed by atoms with Crippen molar-refractivity contribution in [2.24, 2.45) is 0 Å². The number of aryl methyl sites for hydroxylation is 1. The third kappa shape index (κ3) is 7.01. The SMILES string of the molecule is C=C(C)CCc1ccccc1.N=C=O. The minimum Gasteiger partial charge on any atom is -0.222 e. The van der Waals surface area contributed by atoms with Gasteiger partial charge in [0, 0.05) is 0 Å². The maximum absolute atomic E-state index is 8.35. The zero-order valence-corrected chi connectivity index (χ0v) is 8.42. The summed E-state index contributed by atoms with van der Waals surface area (Å²) in [5.41, 5.74) is 2.66. The van der Waals surface area contributed by atoms with Crippen molar-refractivity contribution in [2.75, 3.05) is 0 Å². The van der Waals surface area contributed by atoms with E-state index < -0.39 is 0 Å². The predicted octanol–water partition coefficient (Wildman–Crippen LogP) is 3.10. The van der Waals surface area contributed by atoms with Crippen molar-refractivity contribution in [3.05, 3.63) is 48.0 Å². The molecule has 14 heavy (non-hydrogen) atoms. The maximum atomic E-state index is 8.35. The first-order valence-corrected chi connectivity index (χ1v) is 4.43. The van der Waals surface area contributed by atoms with Gasteiger partial charge < -0.3 is 0 Å². The van der Waals surface area contributed by atoms with Gasteiger partial charge in [-0.25, -0.2) is 10.2 Å². The minimum absolute atomic E-state index is 0.750. The Morgan fingerprint density at radius 1 is 1.43 bits per heavy atom. The summed E-state index contributed by atoms with van der Waals surface area (Å²) in [5, 5.41) is 5.40. The van der Waals surface area contributed by atoms with E-state index in [0.717, 1.165) is 18.9 Å². The van der Waals surface area contributed by atoms with Crippen LogP contribution in [-0.2, 0) is 11.2 Å². The molecule has 0 aliphatic carbocycles. The number of hydrogen-bond acceptors (Lipinski definition) is 2. The quantitative estimate of drug-likeness (QED) is 0.443. The third-order valence-electron chi connectivity index (χ3n) is 1.68. The number of carbonyl (C=O) groups excluding carboxylic acids is 1. The highest BCUT2D eigenvalue weighted by Gasteiger charge is 1.90. The second-order valence-corrected chi connectivity index (χ2v) is 3.04. The lowest BCUT2D eigenvalue weighted by atomic mass is 10.1. The fourth-order valence-corrected chi connectivity index (χ4v) is 1.00. The van der Waals surface area contributed by atoms with Crippen molar-refractivity contribution in [1.29, 1.82) is 5.41 Å². The van der Waals surface area contributed by atoms with Gasteiger partial charge in [-0.2, -0.15) is 0 Å². The van der Waals surface area contributed by atoms with Gasteiger partial charge in [0.1, 0.15) is 0 Å². The van der Waals surface area contributed by atoms with Crippen LogP contribution < -0.4 is 0 Å². The Bertz CT molecular complexity index is 297. The number of rotatable bonds is 3. The van der Waals surface area contributed by atoms with Gasteiger partial charge in [-0.05, 0) is 25.3 Å². The molecule has 0 heterocycles. The van der Waals surface area contributed by atoms with Gasteiger partial charge in [-0.15, -0.1) is 6.58 Å². The van der Waals surface area contributed by atoms with Gasteiger partial charge in [0.15, 0.2) is 0 Å². The molecule has 2 heteroatoms. The minimum atomic E-state index is 0.750. The molecule has 0 spiro atoms. The molecule has 0 bridgehead atoms. The molecule has 0 aliphatic heterocycles. The van der Waals surface area contributed by atoms with Crippen molar-refractivity contribution >= 4 is 6.08 Å². The van der Waals surface area contributed by atoms with E-state index in [1.165, 1.54) is 11.1 Å². The van der Waals surface area contributed by atoms with Crippen LogP contribution in [0.5, 0.6) is 0 Å². The Labute approximate surface area is 84.8 Å². The standard InChI is InChI=1S/C11H14.CHNO/c1-10(2)8-9-11-6-4-3-5-7-11;2-1-3/h3-7H,1,8-9H2,2H3;2H. The van der Waals surface area contributed by atoms with Crippen molar-refractivity contribution in [1.82, 2.24) is 0 Å². The zero-order chi connectivity index (χ0) is 10.8. The number of isocyanates is 1. The third-order valence-corrected chi connectivity index (χ3v) is 1.68. The summed E-state index contributed by atoms with van der Waals surface area (Å²) in [7, 11) is 0. The van der Waals surface area contributed by atoms with E-state index in [1.54, 1.807) is 0 Å². The topological polar surface area (TPSA) is 40.9 Å². The van der Waals surface area contributed by atoms with Gasteiger partial charge >= 0.3 is 0 Å². The molecule has 0 amide bonds. The van der Waals surface area contributed by atoms with Crippen LogP contribution in [0.1, 0.15) is 18.9 Å². The second kappa shape index (κ2) is 7.96. The van der Waals surface area contributed by atoms with Gasteiger partial charge in [0.2, 0.25) is 6.08 Å². The lowest BCUT2D eigenvalue weighted by molar-refractivity contribution is 0.563. The Morgan fingerprint density at radius 3 is 2.36 bits per heavy atom. The summed E-state index contributed by atoms with van der Waals surface area (Å²) >= 11 is 0. The normalized spacial score (nSPS) is 8.07. The molecule has 0 aromatic heterocycles. The molecule has 1 aromatic rings. The summed E-state index contributed by atoms with van der Waals surface area (Å²) in [4.78, 5) is 8.35. The number of nitrogens with one attached hydrogen (secondary N) is 1. The van der Waals surface area contributed by atoms with Gasteiger partial charge in [-0.3, -0.25) is 0 Å². The lowest BCUT2D eigenvalue weighted by Crippen LogP contribution is -1.83. The molecule has 1 aromatic carbocycles. The van der Waals surface area contributed by atoms with Crippen molar-refractivity contribution in [3.8, 4) is 0 Å². The van der Waals surface area contributed by atoms with Gasteiger partial charge in [0.05, 0.1) is 0 Å². The van der Waals surface area contributed by atoms with E-state index in [-0.39, 0.29) is 0 Å². The van der Waals surface area contributed by atoms with E-state index in [1.807, 2.05) is 6.07 Å². The summed E-state index contributed by atoms with van der Waals surface area (Å²) in [6.07, 6.45) is 2.97. The van der Waals surface area contributed by atoms with Crippen LogP contribution in [0.25, 0.3) is 0 Å². The number of benzene rings is 1. The van der Waals surface area contributed by atoms with Gasteiger partial charge in [0.25, 0.3) is 0 Å². The van der Waals surface area contributed by atoms with E-state index in [4.69, 9.17) is 10.2 Å². The monoisotopic (exact) mass is 189 g/mol. The van der Waals surface area contributed by atoms with Crippen LogP contribution in [0.3, 0.4) is 0 Å². The highest BCUT2D eigenvalue weighted by molar-refractivity contribution is 5.26. The number of hydrogen-bond donors (Lipinski definition) is 1. The highest BCUT2D eigenvalue weighted by Crippen LogP contribution is 2.06. The average Bonchev–Trinajstić information content (AvgIpc) is 2.18. The van der Waals surface area contributed by atoms with Crippen LogP contribution >= 0.6 is 0 Å². The summed E-state index contributed by atoms with van der Waals surface area (Å²) < 4.78 is 0. The van der Waals surface area contributed by atoms with Crippen LogP contribution in [0.4, 0.5) is 0 Å². The van der Waals surface area contributed by atoms with E-state index in [0.29, 0.717) is 0 Å². The molecule has 0 unspecified atom stereocenters. The molecule has 0 aliphatic rings. The molecular formula is C12H15NO. The predicted molar refractivity (Wildman–Crippen MR) is 58.0 cm³/mol. The van der Waals surface area contributed by atoms with Crippen LogP contribution in [0.2, 0.25) is 0 Å².